The molecule has 2 heterocycles. The Morgan fingerprint density at radius 3 is 2.79 bits per heavy atom. The number of halogens is 1. The van der Waals surface area contributed by atoms with Crippen LogP contribution < -0.4 is 10.3 Å². The highest BCUT2D eigenvalue weighted by Gasteiger charge is 2.17. The Kier molecular flexibility index (Phi) is 5.06. The van der Waals surface area contributed by atoms with E-state index in [-0.39, 0.29) is 5.56 Å². The molecule has 0 saturated carbocycles. The third-order valence-corrected chi connectivity index (χ3v) is 5.18. The lowest BCUT2D eigenvalue weighted by Gasteiger charge is -2.15. The SMILES string of the molecule is COc1ccccc1-n1c(SCc2nnc(C)o2)nc2cc(Cl)ccc2c1=O. The van der Waals surface area contributed by atoms with Crippen LogP contribution in [0.1, 0.15) is 11.8 Å². The number of benzene rings is 2. The number of aryl methyl sites for hydroxylation is 1. The molecular weight excluding hydrogens is 400 g/mol. The Bertz CT molecular complexity index is 1220. The predicted molar refractivity (Wildman–Crippen MR) is 107 cm³/mol. The van der Waals surface area contributed by atoms with E-state index < -0.39 is 0 Å². The number of thioether (sulfide) groups is 1. The first-order chi connectivity index (χ1) is 13.6. The Balaban J connectivity index is 1.90. The number of hydrogen-bond acceptors (Lipinski definition) is 7. The van der Waals surface area contributed by atoms with E-state index in [0.717, 1.165) is 0 Å². The van der Waals surface area contributed by atoms with Crippen molar-refractivity contribution in [2.24, 2.45) is 0 Å². The van der Waals surface area contributed by atoms with Gasteiger partial charge in [-0.15, -0.1) is 10.2 Å². The van der Waals surface area contributed by atoms with Crippen LogP contribution >= 0.6 is 23.4 Å². The standard InChI is InChI=1S/C19H15ClN4O3S/c1-11-22-23-17(27-11)10-28-19-21-14-9-12(20)7-8-13(14)18(25)24(19)15-5-3-4-6-16(15)26-2/h3-9H,10H2,1-2H3. The number of ether oxygens (including phenoxy) is 1. The van der Waals surface area contributed by atoms with Crippen molar-refractivity contribution in [2.75, 3.05) is 7.11 Å². The van der Waals surface area contributed by atoms with E-state index in [1.807, 2.05) is 18.2 Å². The summed E-state index contributed by atoms with van der Waals surface area (Å²) < 4.78 is 12.4. The highest BCUT2D eigenvalue weighted by molar-refractivity contribution is 7.98. The molecule has 0 unspecified atom stereocenters. The second-order valence-corrected chi connectivity index (χ2v) is 7.25. The molecule has 0 amide bonds. The summed E-state index contributed by atoms with van der Waals surface area (Å²) in [6.07, 6.45) is 0. The molecule has 0 aliphatic carbocycles. The first kappa shape index (κ1) is 18.5. The van der Waals surface area contributed by atoms with Crippen molar-refractivity contribution in [3.8, 4) is 11.4 Å². The van der Waals surface area contributed by atoms with Crippen molar-refractivity contribution in [1.29, 1.82) is 0 Å². The van der Waals surface area contributed by atoms with Crippen LogP contribution in [-0.2, 0) is 5.75 Å². The largest absolute Gasteiger partial charge is 0.495 e. The molecule has 9 heteroatoms. The molecule has 4 rings (SSSR count). The van der Waals surface area contributed by atoms with Crippen LogP contribution in [0.2, 0.25) is 5.02 Å². The Labute approximate surface area is 169 Å². The van der Waals surface area contributed by atoms with Gasteiger partial charge in [0.15, 0.2) is 5.16 Å². The van der Waals surface area contributed by atoms with Gasteiger partial charge in [-0.1, -0.05) is 35.5 Å². The minimum Gasteiger partial charge on any atom is -0.495 e. The summed E-state index contributed by atoms with van der Waals surface area (Å²) in [5, 5.41) is 9.28. The van der Waals surface area contributed by atoms with E-state index in [2.05, 4.69) is 15.2 Å². The van der Waals surface area contributed by atoms with E-state index in [1.54, 1.807) is 38.3 Å². The Hall–Kier alpha value is -2.84. The number of para-hydroxylation sites is 2. The molecule has 4 aromatic rings. The number of aromatic nitrogens is 4. The molecule has 28 heavy (non-hydrogen) atoms. The van der Waals surface area contributed by atoms with Crippen molar-refractivity contribution in [3.63, 3.8) is 0 Å². The number of fused-ring (bicyclic) bond motifs is 1. The van der Waals surface area contributed by atoms with Gasteiger partial charge in [-0.2, -0.15) is 0 Å². The van der Waals surface area contributed by atoms with Gasteiger partial charge in [0.1, 0.15) is 5.75 Å². The van der Waals surface area contributed by atoms with Crippen LogP contribution in [0.25, 0.3) is 16.6 Å². The van der Waals surface area contributed by atoms with E-state index in [1.165, 1.54) is 16.3 Å². The fraction of sp³-hybridized carbons (Fsp3) is 0.158. The van der Waals surface area contributed by atoms with Gasteiger partial charge >= 0.3 is 0 Å². The number of nitrogens with zero attached hydrogens (tertiary/aromatic N) is 4. The predicted octanol–water partition coefficient (Wildman–Crippen LogP) is 4.03. The maximum atomic E-state index is 13.3. The molecule has 0 N–H and O–H groups in total. The fourth-order valence-corrected chi connectivity index (χ4v) is 3.79. The van der Waals surface area contributed by atoms with Crippen LogP contribution in [-0.4, -0.2) is 26.9 Å². The lowest BCUT2D eigenvalue weighted by atomic mass is 10.2. The minimum atomic E-state index is -0.213. The molecule has 2 aromatic carbocycles. The van der Waals surface area contributed by atoms with Crippen molar-refractivity contribution in [2.45, 2.75) is 17.8 Å². The van der Waals surface area contributed by atoms with E-state index in [0.29, 0.717) is 50.1 Å². The van der Waals surface area contributed by atoms with Crippen molar-refractivity contribution in [1.82, 2.24) is 19.7 Å². The summed E-state index contributed by atoms with van der Waals surface area (Å²) in [5.41, 5.74) is 0.909. The highest BCUT2D eigenvalue weighted by Crippen LogP contribution is 2.29. The normalized spacial score (nSPS) is 11.1. The average molecular weight is 415 g/mol. The molecule has 0 aliphatic heterocycles. The van der Waals surface area contributed by atoms with Gasteiger partial charge in [0, 0.05) is 11.9 Å². The van der Waals surface area contributed by atoms with Gasteiger partial charge in [-0.25, -0.2) is 4.98 Å². The number of rotatable bonds is 5. The summed E-state index contributed by atoms with van der Waals surface area (Å²) in [5.74, 6) is 1.87. The summed E-state index contributed by atoms with van der Waals surface area (Å²) >= 11 is 7.41. The molecule has 0 spiro atoms. The molecule has 0 fully saturated rings. The minimum absolute atomic E-state index is 0.213. The van der Waals surface area contributed by atoms with Gasteiger partial charge in [0.25, 0.3) is 5.56 Å². The van der Waals surface area contributed by atoms with Crippen LogP contribution in [0, 0.1) is 6.92 Å². The maximum absolute atomic E-state index is 13.3. The summed E-state index contributed by atoms with van der Waals surface area (Å²) in [6, 6.07) is 12.3. The van der Waals surface area contributed by atoms with Gasteiger partial charge in [0.2, 0.25) is 11.8 Å². The zero-order valence-electron chi connectivity index (χ0n) is 15.0. The van der Waals surface area contributed by atoms with Gasteiger partial charge in [-0.3, -0.25) is 9.36 Å². The van der Waals surface area contributed by atoms with Crippen LogP contribution in [0.4, 0.5) is 0 Å². The third-order valence-electron chi connectivity index (χ3n) is 4.02. The Morgan fingerprint density at radius 1 is 1.21 bits per heavy atom. The first-order valence-corrected chi connectivity index (χ1v) is 9.70. The van der Waals surface area contributed by atoms with Gasteiger partial charge in [-0.05, 0) is 30.3 Å². The van der Waals surface area contributed by atoms with Crippen LogP contribution in [0.15, 0.2) is 56.8 Å². The molecule has 0 saturated heterocycles. The topological polar surface area (TPSA) is 83.0 Å². The van der Waals surface area contributed by atoms with Gasteiger partial charge < -0.3 is 9.15 Å². The second-order valence-electron chi connectivity index (χ2n) is 5.87. The van der Waals surface area contributed by atoms with Gasteiger partial charge in [0.05, 0.1) is 29.5 Å². The van der Waals surface area contributed by atoms with Crippen molar-refractivity contribution < 1.29 is 9.15 Å². The molecule has 2 aromatic heterocycles. The molecule has 0 atom stereocenters. The lowest BCUT2D eigenvalue weighted by molar-refractivity contribution is 0.411. The Morgan fingerprint density at radius 2 is 2.04 bits per heavy atom. The maximum Gasteiger partial charge on any atom is 0.266 e. The highest BCUT2D eigenvalue weighted by atomic mass is 35.5. The van der Waals surface area contributed by atoms with E-state index in [4.69, 9.17) is 20.8 Å². The molecule has 7 nitrogen and oxygen atoms in total. The lowest BCUT2D eigenvalue weighted by Crippen LogP contribution is -2.22. The first-order valence-electron chi connectivity index (χ1n) is 8.34. The van der Waals surface area contributed by atoms with Crippen LogP contribution in [0.5, 0.6) is 5.75 Å². The zero-order valence-corrected chi connectivity index (χ0v) is 16.6. The summed E-state index contributed by atoms with van der Waals surface area (Å²) in [6.45, 7) is 1.72. The molecule has 0 radical (unpaired) electrons. The molecule has 0 aliphatic rings. The zero-order chi connectivity index (χ0) is 19.7. The quantitative estimate of drug-likeness (QED) is 0.360. The molecule has 142 valence electrons. The van der Waals surface area contributed by atoms with Crippen molar-refractivity contribution in [3.05, 3.63) is 69.6 Å². The van der Waals surface area contributed by atoms with E-state index >= 15 is 0 Å². The smallest absolute Gasteiger partial charge is 0.266 e. The fourth-order valence-electron chi connectivity index (χ4n) is 2.78. The second kappa shape index (κ2) is 7.65. The molecular formula is C19H15ClN4O3S. The average Bonchev–Trinajstić information content (AvgIpc) is 3.11. The number of methoxy groups -OCH3 is 1. The number of hydrogen-bond donors (Lipinski definition) is 0. The monoisotopic (exact) mass is 414 g/mol. The van der Waals surface area contributed by atoms with Crippen LogP contribution in [0.3, 0.4) is 0 Å². The van der Waals surface area contributed by atoms with E-state index in [9.17, 15) is 4.79 Å². The third kappa shape index (κ3) is 3.48. The summed E-state index contributed by atoms with van der Waals surface area (Å²) in [7, 11) is 1.56. The summed E-state index contributed by atoms with van der Waals surface area (Å²) in [4.78, 5) is 18.0. The molecule has 0 bridgehead atoms. The van der Waals surface area contributed by atoms with Crippen molar-refractivity contribution >= 4 is 34.3 Å².